The molecule has 2 aromatic rings. The molecular formula is C14H20ClFN6. The number of hydrogen-bond acceptors (Lipinski definition) is 5. The first-order valence-electron chi connectivity index (χ1n) is 7.56. The second-order valence-electron chi connectivity index (χ2n) is 6.06. The van der Waals surface area contributed by atoms with Gasteiger partial charge in [-0.1, -0.05) is 25.4 Å². The summed E-state index contributed by atoms with van der Waals surface area (Å²) < 4.78 is 15.6. The first-order valence-corrected chi connectivity index (χ1v) is 7.94. The third-order valence-electron chi connectivity index (χ3n) is 3.73. The first-order chi connectivity index (χ1) is 10.5. The maximum atomic E-state index is 13.9. The first kappa shape index (κ1) is 15.4. The number of aromatic nitrogens is 4. The van der Waals surface area contributed by atoms with Crippen molar-refractivity contribution in [2.24, 2.45) is 5.92 Å². The van der Waals surface area contributed by atoms with Crippen molar-refractivity contribution in [1.29, 1.82) is 0 Å². The molecule has 0 saturated carbocycles. The molecule has 6 nitrogen and oxygen atoms in total. The Morgan fingerprint density at radius 2 is 2.36 bits per heavy atom. The molecule has 22 heavy (non-hydrogen) atoms. The fraction of sp³-hybridized carbons (Fsp3) is 0.643. The van der Waals surface area contributed by atoms with E-state index in [0.717, 1.165) is 18.8 Å². The topological polar surface area (TPSA) is 67.1 Å². The van der Waals surface area contributed by atoms with Crippen LogP contribution in [0.15, 0.2) is 6.20 Å². The van der Waals surface area contributed by atoms with E-state index in [0.29, 0.717) is 35.5 Å². The van der Waals surface area contributed by atoms with Gasteiger partial charge >= 0.3 is 0 Å². The Kier molecular flexibility index (Phi) is 4.44. The smallest absolute Gasteiger partial charge is 0.241 e. The molecule has 0 aliphatic carbocycles. The van der Waals surface area contributed by atoms with Gasteiger partial charge in [0.1, 0.15) is 17.5 Å². The molecule has 0 radical (unpaired) electrons. The minimum absolute atomic E-state index is 0.272. The molecule has 0 unspecified atom stereocenters. The van der Waals surface area contributed by atoms with Crippen molar-refractivity contribution in [1.82, 2.24) is 24.9 Å². The predicted octanol–water partition coefficient (Wildman–Crippen LogP) is 2.09. The molecule has 1 aliphatic heterocycles. The van der Waals surface area contributed by atoms with Crippen molar-refractivity contribution >= 4 is 23.1 Å². The fourth-order valence-electron chi connectivity index (χ4n) is 2.62. The van der Waals surface area contributed by atoms with Gasteiger partial charge in [-0.15, -0.1) is 5.10 Å². The van der Waals surface area contributed by atoms with Crippen molar-refractivity contribution in [3.05, 3.63) is 17.2 Å². The van der Waals surface area contributed by atoms with Crippen LogP contribution in [0.3, 0.4) is 0 Å². The van der Waals surface area contributed by atoms with Gasteiger partial charge in [-0.05, 0) is 18.9 Å². The standard InChI is InChI=1S/C14H20ClFN6/c1-8(2)5-12-20-13(15)11-7-18-14(21-22(11)12)19-10-3-4-17-6-9(10)16/h7-10,17H,3-6H2,1-2H3,(H,19,21)/t9-,10-/m0/s1. The minimum atomic E-state index is -0.949. The molecule has 3 rings (SSSR count). The normalized spacial score (nSPS) is 22.4. The lowest BCUT2D eigenvalue weighted by molar-refractivity contribution is 0.244. The summed E-state index contributed by atoms with van der Waals surface area (Å²) in [5.74, 6) is 1.64. The molecular weight excluding hydrogens is 307 g/mol. The zero-order valence-corrected chi connectivity index (χ0v) is 13.4. The summed E-state index contributed by atoms with van der Waals surface area (Å²) in [6.45, 7) is 5.36. The number of fused-ring (bicyclic) bond motifs is 1. The molecule has 3 heterocycles. The van der Waals surface area contributed by atoms with Gasteiger partial charge in [-0.25, -0.2) is 18.9 Å². The molecule has 2 aromatic heterocycles. The lowest BCUT2D eigenvalue weighted by atomic mass is 10.1. The van der Waals surface area contributed by atoms with Crippen LogP contribution in [-0.4, -0.2) is 44.9 Å². The number of nitrogens with one attached hydrogen (secondary N) is 2. The van der Waals surface area contributed by atoms with E-state index in [1.165, 1.54) is 0 Å². The lowest BCUT2D eigenvalue weighted by Crippen LogP contribution is -2.45. The Morgan fingerprint density at radius 1 is 1.55 bits per heavy atom. The Labute approximate surface area is 133 Å². The van der Waals surface area contributed by atoms with Gasteiger partial charge in [0.05, 0.1) is 12.2 Å². The zero-order valence-electron chi connectivity index (χ0n) is 12.7. The van der Waals surface area contributed by atoms with E-state index in [4.69, 9.17) is 11.6 Å². The van der Waals surface area contributed by atoms with Gasteiger partial charge in [0, 0.05) is 13.0 Å². The highest BCUT2D eigenvalue weighted by Gasteiger charge is 2.25. The average Bonchev–Trinajstić information content (AvgIpc) is 2.77. The van der Waals surface area contributed by atoms with Crippen molar-refractivity contribution in [2.75, 3.05) is 18.4 Å². The molecule has 2 N–H and O–H groups in total. The summed E-state index contributed by atoms with van der Waals surface area (Å²) in [7, 11) is 0. The van der Waals surface area contributed by atoms with Crippen molar-refractivity contribution < 1.29 is 4.39 Å². The molecule has 120 valence electrons. The number of nitrogens with zero attached hydrogens (tertiary/aromatic N) is 4. The number of imidazole rings is 1. The van der Waals surface area contributed by atoms with E-state index in [2.05, 4.69) is 39.5 Å². The molecule has 1 aliphatic rings. The van der Waals surface area contributed by atoms with Crippen molar-refractivity contribution in [3.63, 3.8) is 0 Å². The number of piperidine rings is 1. The summed E-state index contributed by atoms with van der Waals surface area (Å²) in [6.07, 6.45) is 2.15. The zero-order chi connectivity index (χ0) is 15.7. The predicted molar refractivity (Wildman–Crippen MR) is 84.1 cm³/mol. The van der Waals surface area contributed by atoms with Crippen LogP contribution in [0.25, 0.3) is 5.52 Å². The van der Waals surface area contributed by atoms with E-state index in [1.54, 1.807) is 10.7 Å². The van der Waals surface area contributed by atoms with Gasteiger partial charge in [0.2, 0.25) is 5.95 Å². The molecule has 0 bridgehead atoms. The van der Waals surface area contributed by atoms with Gasteiger partial charge in [0.25, 0.3) is 0 Å². The summed E-state index contributed by atoms with van der Waals surface area (Å²) in [4.78, 5) is 8.58. The maximum Gasteiger partial charge on any atom is 0.241 e. The number of anilines is 1. The van der Waals surface area contributed by atoms with Crippen LogP contribution in [0.5, 0.6) is 0 Å². The summed E-state index contributed by atoms with van der Waals surface area (Å²) in [5.41, 5.74) is 0.671. The minimum Gasteiger partial charge on any atom is -0.347 e. The summed E-state index contributed by atoms with van der Waals surface area (Å²) in [5, 5.41) is 10.9. The largest absolute Gasteiger partial charge is 0.347 e. The molecule has 0 aromatic carbocycles. The molecule has 8 heteroatoms. The maximum absolute atomic E-state index is 13.9. The van der Waals surface area contributed by atoms with Gasteiger partial charge in [0.15, 0.2) is 5.15 Å². The third-order valence-corrected chi connectivity index (χ3v) is 4.01. The number of hydrogen-bond donors (Lipinski definition) is 2. The second kappa shape index (κ2) is 6.34. The van der Waals surface area contributed by atoms with Crippen LogP contribution in [0, 0.1) is 5.92 Å². The Morgan fingerprint density at radius 3 is 3.09 bits per heavy atom. The molecule has 2 atom stereocenters. The molecule has 1 saturated heterocycles. The highest BCUT2D eigenvalue weighted by molar-refractivity contribution is 6.32. The second-order valence-corrected chi connectivity index (χ2v) is 6.41. The van der Waals surface area contributed by atoms with E-state index in [-0.39, 0.29) is 6.04 Å². The number of alkyl halides is 1. The van der Waals surface area contributed by atoms with Crippen LogP contribution in [0.4, 0.5) is 10.3 Å². The van der Waals surface area contributed by atoms with Crippen LogP contribution >= 0.6 is 11.6 Å². The van der Waals surface area contributed by atoms with E-state index < -0.39 is 6.17 Å². The van der Waals surface area contributed by atoms with Gasteiger partial charge in [-0.3, -0.25) is 0 Å². The summed E-state index contributed by atoms with van der Waals surface area (Å²) in [6, 6.07) is -0.272. The lowest BCUT2D eigenvalue weighted by Gasteiger charge is -2.27. The fourth-order valence-corrected chi connectivity index (χ4v) is 2.85. The van der Waals surface area contributed by atoms with E-state index in [1.807, 2.05) is 0 Å². The van der Waals surface area contributed by atoms with Gasteiger partial charge < -0.3 is 10.6 Å². The van der Waals surface area contributed by atoms with Gasteiger partial charge in [-0.2, -0.15) is 0 Å². The van der Waals surface area contributed by atoms with Crippen molar-refractivity contribution in [2.45, 2.75) is 38.9 Å². The van der Waals surface area contributed by atoms with Crippen molar-refractivity contribution in [3.8, 4) is 0 Å². The van der Waals surface area contributed by atoms with E-state index >= 15 is 0 Å². The Bertz CT molecular complexity index is 658. The Balaban J connectivity index is 1.87. The average molecular weight is 327 g/mol. The van der Waals surface area contributed by atoms with Crippen LogP contribution in [0.1, 0.15) is 26.1 Å². The van der Waals surface area contributed by atoms with Crippen LogP contribution < -0.4 is 10.6 Å². The SMILES string of the molecule is CC(C)Cc1nc(Cl)c2cnc(N[C@H]3CCNC[C@@H]3F)nn12. The van der Waals surface area contributed by atoms with Crippen LogP contribution in [-0.2, 0) is 6.42 Å². The van der Waals surface area contributed by atoms with E-state index in [9.17, 15) is 4.39 Å². The molecule has 0 amide bonds. The number of rotatable bonds is 4. The Hall–Kier alpha value is -1.47. The quantitative estimate of drug-likeness (QED) is 0.900. The molecule has 0 spiro atoms. The highest BCUT2D eigenvalue weighted by atomic mass is 35.5. The molecule has 1 fully saturated rings. The monoisotopic (exact) mass is 326 g/mol. The third kappa shape index (κ3) is 3.15. The summed E-state index contributed by atoms with van der Waals surface area (Å²) >= 11 is 6.13. The highest BCUT2D eigenvalue weighted by Crippen LogP contribution is 2.20. The van der Waals surface area contributed by atoms with Crippen LogP contribution in [0.2, 0.25) is 5.15 Å². The number of halogens is 2.